The van der Waals surface area contributed by atoms with Crippen LogP contribution < -0.4 is 10.1 Å². The second-order valence-corrected chi connectivity index (χ2v) is 8.64. The number of methoxy groups -OCH3 is 1. The Morgan fingerprint density at radius 3 is 2.45 bits per heavy atom. The lowest BCUT2D eigenvalue weighted by molar-refractivity contribution is -0.142. The largest absolute Gasteiger partial charge is 0.497 e. The Morgan fingerprint density at radius 2 is 1.67 bits per heavy atom. The topological polar surface area (TPSA) is 79.0 Å². The highest BCUT2D eigenvalue weighted by molar-refractivity contribution is 5.98. The number of amides is 3. The fourth-order valence-electron chi connectivity index (χ4n) is 4.76. The number of benzene rings is 2. The van der Waals surface area contributed by atoms with Crippen molar-refractivity contribution in [1.29, 1.82) is 0 Å². The molecule has 2 aliphatic heterocycles. The van der Waals surface area contributed by atoms with Crippen molar-refractivity contribution in [1.82, 2.24) is 15.1 Å². The summed E-state index contributed by atoms with van der Waals surface area (Å²) in [6.07, 6.45) is 3.83. The predicted molar refractivity (Wildman–Crippen MR) is 125 cm³/mol. The van der Waals surface area contributed by atoms with E-state index in [1.807, 2.05) is 42.5 Å². The summed E-state index contributed by atoms with van der Waals surface area (Å²) in [4.78, 5) is 43.0. The molecule has 2 aromatic rings. The molecule has 0 spiro atoms. The number of carbonyl (C=O) groups excluding carboxylic acids is 3. The van der Waals surface area contributed by atoms with E-state index in [-0.39, 0.29) is 17.7 Å². The molecule has 0 saturated carbocycles. The third-order valence-electron chi connectivity index (χ3n) is 6.51. The molecular formula is C26H31N3O4. The molecule has 3 amide bonds. The molecule has 2 aromatic carbocycles. The minimum absolute atomic E-state index is 0.113. The molecule has 2 saturated heterocycles. The average molecular weight is 450 g/mol. The van der Waals surface area contributed by atoms with Gasteiger partial charge in [-0.15, -0.1) is 0 Å². The number of piperidine rings is 1. The van der Waals surface area contributed by atoms with E-state index in [1.165, 1.54) is 0 Å². The highest BCUT2D eigenvalue weighted by atomic mass is 16.5. The van der Waals surface area contributed by atoms with E-state index in [9.17, 15) is 14.4 Å². The first kappa shape index (κ1) is 22.8. The normalized spacial score (nSPS) is 20.4. The summed E-state index contributed by atoms with van der Waals surface area (Å²) < 4.78 is 5.24. The van der Waals surface area contributed by atoms with Crippen LogP contribution in [0, 0.1) is 0 Å². The number of hydrogen-bond acceptors (Lipinski definition) is 4. The Hall–Kier alpha value is -3.35. The van der Waals surface area contributed by atoms with Crippen LogP contribution in [0.4, 0.5) is 0 Å². The van der Waals surface area contributed by atoms with Crippen molar-refractivity contribution in [2.75, 3.05) is 20.2 Å². The lowest BCUT2D eigenvalue weighted by Gasteiger charge is -2.38. The Bertz CT molecular complexity index is 994. The lowest BCUT2D eigenvalue weighted by Crippen LogP contribution is -2.56. The summed E-state index contributed by atoms with van der Waals surface area (Å²) in [6, 6.07) is 15.6. The molecule has 7 heteroatoms. The molecule has 2 aliphatic rings. The van der Waals surface area contributed by atoms with Gasteiger partial charge in [-0.05, 0) is 61.9 Å². The van der Waals surface area contributed by atoms with E-state index >= 15 is 0 Å². The predicted octanol–water partition coefficient (Wildman–Crippen LogP) is 3.00. The Labute approximate surface area is 194 Å². The van der Waals surface area contributed by atoms with Crippen molar-refractivity contribution in [3.63, 3.8) is 0 Å². The van der Waals surface area contributed by atoms with Gasteiger partial charge in [0.1, 0.15) is 17.8 Å². The molecule has 1 N–H and O–H groups in total. The van der Waals surface area contributed by atoms with Gasteiger partial charge < -0.3 is 19.9 Å². The molecule has 0 bridgehead atoms. The molecule has 33 heavy (non-hydrogen) atoms. The minimum Gasteiger partial charge on any atom is -0.497 e. The average Bonchev–Trinajstić information content (AvgIpc) is 3.37. The highest BCUT2D eigenvalue weighted by Crippen LogP contribution is 2.26. The quantitative estimate of drug-likeness (QED) is 0.735. The monoisotopic (exact) mass is 449 g/mol. The molecule has 0 unspecified atom stereocenters. The van der Waals surface area contributed by atoms with Crippen molar-refractivity contribution in [2.24, 2.45) is 0 Å². The van der Waals surface area contributed by atoms with Gasteiger partial charge in [-0.2, -0.15) is 0 Å². The van der Waals surface area contributed by atoms with E-state index in [0.717, 1.165) is 30.6 Å². The smallest absolute Gasteiger partial charge is 0.254 e. The number of nitrogens with one attached hydrogen (secondary N) is 1. The maximum atomic E-state index is 13.6. The standard InChI is InChI=1S/C26H31N3O4/c1-33-21-12-7-9-19(17-21)18-27-24(30)22-14-8-16-28(22)26(32)23-13-5-6-15-29(23)25(31)20-10-3-2-4-11-20/h2-4,7,9-12,17,22-23H,5-6,8,13-16,18H2,1H3,(H,27,30)/t22-,23+/m0/s1. The number of ether oxygens (including phenoxy) is 1. The van der Waals surface area contributed by atoms with Gasteiger partial charge in [-0.3, -0.25) is 14.4 Å². The van der Waals surface area contributed by atoms with Gasteiger partial charge in [0, 0.05) is 25.2 Å². The summed E-state index contributed by atoms with van der Waals surface area (Å²) in [6.45, 7) is 1.47. The van der Waals surface area contributed by atoms with E-state index in [1.54, 1.807) is 29.0 Å². The Kier molecular flexibility index (Phi) is 7.27. The molecular weight excluding hydrogens is 418 g/mol. The van der Waals surface area contributed by atoms with E-state index in [2.05, 4.69) is 5.32 Å². The maximum Gasteiger partial charge on any atom is 0.254 e. The van der Waals surface area contributed by atoms with Gasteiger partial charge in [-0.25, -0.2) is 0 Å². The van der Waals surface area contributed by atoms with Crippen LogP contribution >= 0.6 is 0 Å². The zero-order chi connectivity index (χ0) is 23.2. The van der Waals surface area contributed by atoms with Crippen molar-refractivity contribution in [3.05, 3.63) is 65.7 Å². The first-order valence-electron chi connectivity index (χ1n) is 11.7. The molecule has 2 heterocycles. The molecule has 0 aromatic heterocycles. The second kappa shape index (κ2) is 10.5. The third-order valence-corrected chi connectivity index (χ3v) is 6.51. The van der Waals surface area contributed by atoms with Gasteiger partial charge in [0.05, 0.1) is 7.11 Å². The second-order valence-electron chi connectivity index (χ2n) is 8.64. The van der Waals surface area contributed by atoms with Crippen LogP contribution in [-0.2, 0) is 16.1 Å². The van der Waals surface area contributed by atoms with Crippen molar-refractivity contribution in [3.8, 4) is 5.75 Å². The van der Waals surface area contributed by atoms with E-state index in [0.29, 0.717) is 38.0 Å². The molecule has 7 nitrogen and oxygen atoms in total. The Balaban J connectivity index is 1.43. The van der Waals surface area contributed by atoms with Gasteiger partial charge in [0.15, 0.2) is 0 Å². The SMILES string of the molecule is COc1cccc(CNC(=O)[C@@H]2CCCN2C(=O)[C@H]2CCCCN2C(=O)c2ccccc2)c1. The summed E-state index contributed by atoms with van der Waals surface area (Å²) in [5.41, 5.74) is 1.52. The van der Waals surface area contributed by atoms with Crippen LogP contribution in [0.15, 0.2) is 54.6 Å². The third kappa shape index (κ3) is 5.18. The molecule has 174 valence electrons. The van der Waals surface area contributed by atoms with Crippen LogP contribution in [0.3, 0.4) is 0 Å². The number of nitrogens with zero attached hydrogens (tertiary/aromatic N) is 2. The summed E-state index contributed by atoms with van der Waals surface area (Å²) in [5, 5.41) is 2.97. The van der Waals surface area contributed by atoms with Crippen LogP contribution in [0.2, 0.25) is 0 Å². The van der Waals surface area contributed by atoms with E-state index < -0.39 is 12.1 Å². The fraction of sp³-hybridized carbons (Fsp3) is 0.423. The zero-order valence-corrected chi connectivity index (χ0v) is 19.0. The molecule has 0 aliphatic carbocycles. The van der Waals surface area contributed by atoms with Gasteiger partial charge in [-0.1, -0.05) is 30.3 Å². The molecule has 4 rings (SSSR count). The van der Waals surface area contributed by atoms with Crippen LogP contribution in [0.25, 0.3) is 0 Å². The van der Waals surface area contributed by atoms with Gasteiger partial charge in [0.25, 0.3) is 5.91 Å². The first-order valence-corrected chi connectivity index (χ1v) is 11.7. The van der Waals surface area contributed by atoms with Crippen molar-refractivity contribution in [2.45, 2.75) is 50.7 Å². The Morgan fingerprint density at radius 1 is 0.909 bits per heavy atom. The fourth-order valence-corrected chi connectivity index (χ4v) is 4.76. The molecule has 0 radical (unpaired) electrons. The maximum absolute atomic E-state index is 13.6. The van der Waals surface area contributed by atoms with Crippen LogP contribution in [0.5, 0.6) is 5.75 Å². The zero-order valence-electron chi connectivity index (χ0n) is 19.0. The first-order chi connectivity index (χ1) is 16.1. The van der Waals surface area contributed by atoms with Crippen molar-refractivity contribution < 1.29 is 19.1 Å². The highest BCUT2D eigenvalue weighted by Gasteiger charge is 2.41. The number of likely N-dealkylation sites (tertiary alicyclic amines) is 2. The van der Waals surface area contributed by atoms with Gasteiger partial charge in [0.2, 0.25) is 11.8 Å². The lowest BCUT2D eigenvalue weighted by atomic mass is 9.99. The van der Waals surface area contributed by atoms with Gasteiger partial charge >= 0.3 is 0 Å². The summed E-state index contributed by atoms with van der Waals surface area (Å²) in [7, 11) is 1.61. The van der Waals surface area contributed by atoms with Crippen LogP contribution in [-0.4, -0.2) is 59.8 Å². The van der Waals surface area contributed by atoms with E-state index in [4.69, 9.17) is 4.74 Å². The summed E-state index contributed by atoms with van der Waals surface area (Å²) in [5.74, 6) is 0.352. The number of rotatable bonds is 6. The molecule has 2 atom stereocenters. The van der Waals surface area contributed by atoms with Crippen LogP contribution in [0.1, 0.15) is 48.0 Å². The number of carbonyl (C=O) groups is 3. The number of hydrogen-bond donors (Lipinski definition) is 1. The minimum atomic E-state index is -0.516. The summed E-state index contributed by atoms with van der Waals surface area (Å²) >= 11 is 0. The molecule has 2 fully saturated rings. The van der Waals surface area contributed by atoms with Crippen molar-refractivity contribution >= 4 is 17.7 Å².